The van der Waals surface area contributed by atoms with E-state index < -0.39 is 29.9 Å². The molecule has 1 heterocycles. The Morgan fingerprint density at radius 3 is 1.89 bits per heavy atom. The second-order valence-electron chi connectivity index (χ2n) is 9.03. The third-order valence-electron chi connectivity index (χ3n) is 6.70. The standard InChI is InChI=1S/C29H26N2O6/c1-2-3-16-25(28(34)37-31-26(32)22-14-8-9-15-23(22)27(31)33)30-29(35)36-17-24-20-12-6-4-10-18(20)19-11-5-7-13-21(19)24/h4-15,24-25H,2-3,16-17H2,1H3,(H,30,35)/t25-/m0/s1. The Morgan fingerprint density at radius 1 is 0.838 bits per heavy atom. The van der Waals surface area contributed by atoms with Gasteiger partial charge in [0.15, 0.2) is 0 Å². The van der Waals surface area contributed by atoms with Crippen LogP contribution in [0.4, 0.5) is 4.79 Å². The van der Waals surface area contributed by atoms with Gasteiger partial charge in [-0.1, -0.05) is 85.5 Å². The molecule has 0 spiro atoms. The van der Waals surface area contributed by atoms with Crippen molar-refractivity contribution in [3.63, 3.8) is 0 Å². The van der Waals surface area contributed by atoms with E-state index in [2.05, 4.69) is 5.32 Å². The Labute approximate surface area is 214 Å². The maximum atomic E-state index is 12.9. The highest BCUT2D eigenvalue weighted by Gasteiger charge is 2.40. The molecular weight excluding hydrogens is 472 g/mol. The van der Waals surface area contributed by atoms with Gasteiger partial charge in [-0.05, 0) is 40.8 Å². The van der Waals surface area contributed by atoms with Crippen molar-refractivity contribution in [1.82, 2.24) is 10.4 Å². The highest BCUT2D eigenvalue weighted by atomic mass is 16.7. The van der Waals surface area contributed by atoms with Crippen molar-refractivity contribution < 1.29 is 28.8 Å². The SMILES string of the molecule is CCCC[C@H](NC(=O)OCC1c2ccccc2-c2ccccc21)C(=O)ON1C(=O)c2ccccc2C1=O. The summed E-state index contributed by atoms with van der Waals surface area (Å²) in [5.41, 5.74) is 4.69. The summed E-state index contributed by atoms with van der Waals surface area (Å²) in [5, 5.41) is 3.01. The molecule has 5 rings (SSSR count). The number of rotatable bonds is 8. The molecule has 1 N–H and O–H groups in total. The molecule has 3 aromatic rings. The van der Waals surface area contributed by atoms with Crippen LogP contribution >= 0.6 is 0 Å². The molecule has 0 saturated carbocycles. The first-order valence-corrected chi connectivity index (χ1v) is 12.3. The molecule has 0 radical (unpaired) electrons. The summed E-state index contributed by atoms with van der Waals surface area (Å²) in [5.74, 6) is -2.47. The van der Waals surface area contributed by atoms with Crippen LogP contribution in [0.1, 0.15) is 63.9 Å². The summed E-state index contributed by atoms with van der Waals surface area (Å²) in [6.07, 6.45) is 0.875. The number of carbonyl (C=O) groups is 4. The van der Waals surface area contributed by atoms with Crippen LogP contribution in [0.3, 0.4) is 0 Å². The zero-order valence-electron chi connectivity index (χ0n) is 20.3. The van der Waals surface area contributed by atoms with Crippen molar-refractivity contribution in [3.05, 3.63) is 95.1 Å². The number of imide groups is 1. The van der Waals surface area contributed by atoms with Crippen LogP contribution in [0.2, 0.25) is 0 Å². The minimum atomic E-state index is -1.08. The molecule has 3 aromatic carbocycles. The van der Waals surface area contributed by atoms with Gasteiger partial charge in [0.05, 0.1) is 11.1 Å². The van der Waals surface area contributed by atoms with Gasteiger partial charge in [0.2, 0.25) is 0 Å². The molecule has 0 aromatic heterocycles. The number of nitrogens with one attached hydrogen (secondary N) is 1. The molecule has 1 atom stereocenters. The van der Waals surface area contributed by atoms with Gasteiger partial charge in [-0.15, -0.1) is 0 Å². The zero-order valence-corrected chi connectivity index (χ0v) is 20.3. The molecule has 2 aliphatic rings. The molecule has 0 fully saturated rings. The van der Waals surface area contributed by atoms with Crippen LogP contribution in [0.5, 0.6) is 0 Å². The number of unbranched alkanes of at least 4 members (excludes halogenated alkanes) is 1. The predicted molar refractivity (Wildman–Crippen MR) is 135 cm³/mol. The van der Waals surface area contributed by atoms with Crippen LogP contribution in [0, 0.1) is 0 Å². The normalized spacial score (nSPS) is 14.6. The van der Waals surface area contributed by atoms with Crippen LogP contribution in [-0.4, -0.2) is 41.6 Å². The molecule has 1 aliphatic heterocycles. The second-order valence-corrected chi connectivity index (χ2v) is 9.03. The molecular formula is C29H26N2O6. The molecule has 1 aliphatic carbocycles. The van der Waals surface area contributed by atoms with Crippen LogP contribution in [-0.2, 0) is 14.4 Å². The molecule has 3 amide bonds. The molecule has 0 unspecified atom stereocenters. The van der Waals surface area contributed by atoms with E-state index in [1.54, 1.807) is 12.1 Å². The van der Waals surface area contributed by atoms with E-state index in [0.29, 0.717) is 11.5 Å². The van der Waals surface area contributed by atoms with Crippen molar-refractivity contribution in [2.75, 3.05) is 6.61 Å². The summed E-state index contributed by atoms with van der Waals surface area (Å²) in [7, 11) is 0. The van der Waals surface area contributed by atoms with E-state index in [4.69, 9.17) is 9.57 Å². The van der Waals surface area contributed by atoms with Gasteiger partial charge in [-0.3, -0.25) is 9.59 Å². The summed E-state index contributed by atoms with van der Waals surface area (Å²) in [6.45, 7) is 2.04. The predicted octanol–water partition coefficient (Wildman–Crippen LogP) is 4.84. The van der Waals surface area contributed by atoms with Crippen molar-refractivity contribution in [3.8, 4) is 11.1 Å². The molecule has 188 valence electrons. The zero-order chi connectivity index (χ0) is 25.9. The Bertz CT molecular complexity index is 1300. The molecule has 37 heavy (non-hydrogen) atoms. The van der Waals surface area contributed by atoms with Crippen molar-refractivity contribution in [1.29, 1.82) is 0 Å². The van der Waals surface area contributed by atoms with Gasteiger partial charge in [0.25, 0.3) is 11.8 Å². The summed E-state index contributed by atoms with van der Waals surface area (Å²) >= 11 is 0. The third-order valence-corrected chi connectivity index (χ3v) is 6.70. The second kappa shape index (κ2) is 10.3. The number of benzene rings is 3. The maximum absolute atomic E-state index is 12.9. The topological polar surface area (TPSA) is 102 Å². The van der Waals surface area contributed by atoms with Crippen LogP contribution in [0.15, 0.2) is 72.8 Å². The first-order valence-electron chi connectivity index (χ1n) is 12.3. The van der Waals surface area contributed by atoms with Gasteiger partial charge in [0, 0.05) is 5.92 Å². The minimum absolute atomic E-state index is 0.0911. The van der Waals surface area contributed by atoms with Crippen molar-refractivity contribution >= 4 is 23.9 Å². The Morgan fingerprint density at radius 2 is 1.35 bits per heavy atom. The lowest BCUT2D eigenvalue weighted by atomic mass is 9.98. The van der Waals surface area contributed by atoms with Gasteiger partial charge in [0.1, 0.15) is 12.6 Å². The number of fused-ring (bicyclic) bond motifs is 4. The van der Waals surface area contributed by atoms with Crippen LogP contribution < -0.4 is 5.32 Å². The fourth-order valence-corrected chi connectivity index (χ4v) is 4.84. The lowest BCUT2D eigenvalue weighted by Crippen LogP contribution is -2.45. The minimum Gasteiger partial charge on any atom is -0.449 e. The van der Waals surface area contributed by atoms with Crippen LogP contribution in [0.25, 0.3) is 11.1 Å². The summed E-state index contributed by atoms with van der Waals surface area (Å²) < 4.78 is 5.56. The number of nitrogens with zero attached hydrogens (tertiary/aromatic N) is 1. The van der Waals surface area contributed by atoms with Gasteiger partial charge in [-0.2, -0.15) is 0 Å². The highest BCUT2D eigenvalue weighted by molar-refractivity contribution is 6.20. The van der Waals surface area contributed by atoms with E-state index in [1.807, 2.05) is 55.5 Å². The number of carbonyl (C=O) groups excluding carboxylic acids is 4. The van der Waals surface area contributed by atoms with E-state index in [1.165, 1.54) is 12.1 Å². The monoisotopic (exact) mass is 498 g/mol. The Kier molecular flexibility index (Phi) is 6.72. The Hall–Kier alpha value is -4.46. The first kappa shape index (κ1) is 24.2. The molecule has 8 nitrogen and oxygen atoms in total. The third kappa shape index (κ3) is 4.58. The first-order chi connectivity index (χ1) is 18.0. The fourth-order valence-electron chi connectivity index (χ4n) is 4.84. The van der Waals surface area contributed by atoms with Gasteiger partial charge >= 0.3 is 12.1 Å². The highest BCUT2D eigenvalue weighted by Crippen LogP contribution is 2.44. The van der Waals surface area contributed by atoms with Crippen molar-refractivity contribution in [2.45, 2.75) is 38.1 Å². The van der Waals surface area contributed by atoms with E-state index in [0.717, 1.165) is 28.7 Å². The number of ether oxygens (including phenoxy) is 1. The smallest absolute Gasteiger partial charge is 0.407 e. The quantitative estimate of drug-likeness (QED) is 0.446. The van der Waals surface area contributed by atoms with E-state index in [-0.39, 0.29) is 30.1 Å². The number of hydroxylamine groups is 2. The summed E-state index contributed by atoms with van der Waals surface area (Å²) in [6, 6.07) is 21.1. The largest absolute Gasteiger partial charge is 0.449 e. The maximum Gasteiger partial charge on any atom is 0.407 e. The number of hydrogen-bond acceptors (Lipinski definition) is 6. The van der Waals surface area contributed by atoms with Gasteiger partial charge < -0.3 is 14.9 Å². The van der Waals surface area contributed by atoms with E-state index in [9.17, 15) is 19.2 Å². The van der Waals surface area contributed by atoms with Gasteiger partial charge in [-0.25, -0.2) is 9.59 Å². The van der Waals surface area contributed by atoms with Crippen molar-refractivity contribution in [2.24, 2.45) is 0 Å². The van der Waals surface area contributed by atoms with E-state index >= 15 is 0 Å². The molecule has 0 bridgehead atoms. The lowest BCUT2D eigenvalue weighted by molar-refractivity contribution is -0.171. The number of amides is 3. The fraction of sp³-hybridized carbons (Fsp3) is 0.241. The lowest BCUT2D eigenvalue weighted by Gasteiger charge is -2.20. The average Bonchev–Trinajstić information content (AvgIpc) is 3.37. The molecule has 0 saturated heterocycles. The molecule has 8 heteroatoms. The summed E-state index contributed by atoms with van der Waals surface area (Å²) in [4.78, 5) is 56.0. The number of hydrogen-bond donors (Lipinski definition) is 1. The number of alkyl carbamates (subject to hydrolysis) is 1. The Balaban J connectivity index is 1.25. The average molecular weight is 499 g/mol.